The number of anilines is 1. The molecule has 0 spiro atoms. The molecule has 1 aromatic rings. The standard InChI is InChI=1S/C13H16F2IN/c14-13(15)6-2-3-10(8-13)9-17-12-5-1-4-11(16)7-12/h1,4-5,7,10,17H,2-3,6,8-9H2. The maximum absolute atomic E-state index is 13.2. The molecular formula is C13H16F2IN. The summed E-state index contributed by atoms with van der Waals surface area (Å²) in [5.41, 5.74) is 1.02. The number of halogens is 3. The molecule has 0 aliphatic heterocycles. The maximum atomic E-state index is 13.2. The SMILES string of the molecule is FC1(F)CCCC(CNc2cccc(I)c2)C1. The summed E-state index contributed by atoms with van der Waals surface area (Å²) in [7, 11) is 0. The minimum absolute atomic E-state index is 0.0317. The van der Waals surface area contributed by atoms with Crippen molar-refractivity contribution in [2.45, 2.75) is 31.6 Å². The number of nitrogens with one attached hydrogen (secondary N) is 1. The highest BCUT2D eigenvalue weighted by Gasteiger charge is 2.35. The summed E-state index contributed by atoms with van der Waals surface area (Å²) in [4.78, 5) is 0. The van der Waals surface area contributed by atoms with Gasteiger partial charge in [-0.2, -0.15) is 0 Å². The Morgan fingerprint density at radius 2 is 2.24 bits per heavy atom. The minimum atomic E-state index is -2.45. The van der Waals surface area contributed by atoms with Crippen LogP contribution in [0.1, 0.15) is 25.7 Å². The lowest BCUT2D eigenvalue weighted by molar-refractivity contribution is -0.0502. The molecule has 0 bridgehead atoms. The third-order valence-corrected chi connectivity index (χ3v) is 3.83. The highest BCUT2D eigenvalue weighted by molar-refractivity contribution is 14.1. The molecule has 0 saturated heterocycles. The van der Waals surface area contributed by atoms with Crippen LogP contribution in [0.2, 0.25) is 0 Å². The van der Waals surface area contributed by atoms with Gasteiger partial charge in [-0.3, -0.25) is 0 Å². The summed E-state index contributed by atoms with van der Waals surface area (Å²) in [5, 5.41) is 3.25. The summed E-state index contributed by atoms with van der Waals surface area (Å²) in [6.45, 7) is 0.648. The van der Waals surface area contributed by atoms with Gasteiger partial charge in [-0.25, -0.2) is 8.78 Å². The molecule has 4 heteroatoms. The topological polar surface area (TPSA) is 12.0 Å². The van der Waals surface area contributed by atoms with Crippen LogP contribution in [0.25, 0.3) is 0 Å². The van der Waals surface area contributed by atoms with E-state index in [1.54, 1.807) is 0 Å². The Hall–Kier alpha value is -0.390. The quantitative estimate of drug-likeness (QED) is 0.789. The maximum Gasteiger partial charge on any atom is 0.248 e. The van der Waals surface area contributed by atoms with Crippen LogP contribution >= 0.6 is 22.6 Å². The molecule has 1 aliphatic carbocycles. The highest BCUT2D eigenvalue weighted by Crippen LogP contribution is 2.36. The van der Waals surface area contributed by atoms with E-state index in [-0.39, 0.29) is 18.8 Å². The first-order valence-corrected chi connectivity index (χ1v) is 7.00. The summed E-state index contributed by atoms with van der Waals surface area (Å²) in [6.07, 6.45) is 1.65. The van der Waals surface area contributed by atoms with Gasteiger partial charge in [-0.1, -0.05) is 6.07 Å². The molecule has 0 amide bonds. The largest absolute Gasteiger partial charge is 0.385 e. The van der Waals surface area contributed by atoms with Crippen LogP contribution in [-0.2, 0) is 0 Å². The van der Waals surface area contributed by atoms with Gasteiger partial charge in [0, 0.05) is 28.6 Å². The highest BCUT2D eigenvalue weighted by atomic mass is 127. The van der Waals surface area contributed by atoms with Gasteiger partial charge in [0.2, 0.25) is 5.92 Å². The predicted octanol–water partition coefficient (Wildman–Crippen LogP) is 4.53. The third-order valence-electron chi connectivity index (χ3n) is 3.16. The van der Waals surface area contributed by atoms with Crippen LogP contribution < -0.4 is 5.32 Å². The smallest absolute Gasteiger partial charge is 0.248 e. The normalized spacial score (nSPS) is 23.4. The van der Waals surface area contributed by atoms with Gasteiger partial charge in [-0.05, 0) is 59.5 Å². The second-order valence-electron chi connectivity index (χ2n) is 4.71. The van der Waals surface area contributed by atoms with Crippen LogP contribution in [0.5, 0.6) is 0 Å². The van der Waals surface area contributed by atoms with Crippen molar-refractivity contribution in [1.29, 1.82) is 0 Å². The van der Waals surface area contributed by atoms with Gasteiger partial charge < -0.3 is 5.32 Å². The molecule has 17 heavy (non-hydrogen) atoms. The predicted molar refractivity (Wildman–Crippen MR) is 74.6 cm³/mol. The van der Waals surface area contributed by atoms with Gasteiger partial charge in [0.05, 0.1) is 0 Å². The summed E-state index contributed by atoms with van der Waals surface area (Å²) in [6, 6.07) is 7.99. The van der Waals surface area contributed by atoms with Crippen molar-refractivity contribution in [1.82, 2.24) is 0 Å². The molecule has 1 fully saturated rings. The Morgan fingerprint density at radius 1 is 1.41 bits per heavy atom. The van der Waals surface area contributed by atoms with Gasteiger partial charge in [0.15, 0.2) is 0 Å². The first-order chi connectivity index (χ1) is 8.05. The van der Waals surface area contributed by atoms with Crippen molar-refractivity contribution >= 4 is 28.3 Å². The van der Waals surface area contributed by atoms with Crippen LogP contribution in [0.3, 0.4) is 0 Å². The molecule has 0 radical (unpaired) electrons. The third kappa shape index (κ3) is 4.08. The zero-order valence-corrected chi connectivity index (χ0v) is 11.7. The van der Waals surface area contributed by atoms with Gasteiger partial charge >= 0.3 is 0 Å². The summed E-state index contributed by atoms with van der Waals surface area (Å²) >= 11 is 2.25. The minimum Gasteiger partial charge on any atom is -0.385 e. The van der Waals surface area contributed by atoms with E-state index in [0.29, 0.717) is 13.0 Å². The Labute approximate surface area is 114 Å². The number of hydrogen-bond acceptors (Lipinski definition) is 1. The van der Waals surface area contributed by atoms with E-state index in [4.69, 9.17) is 0 Å². The van der Waals surface area contributed by atoms with Gasteiger partial charge in [0.25, 0.3) is 0 Å². The number of hydrogen-bond donors (Lipinski definition) is 1. The molecule has 0 aromatic heterocycles. The van der Waals surface area contributed by atoms with E-state index in [1.165, 1.54) is 0 Å². The Kier molecular flexibility index (Phi) is 4.22. The molecule has 1 nitrogen and oxygen atoms in total. The van der Waals surface area contributed by atoms with Gasteiger partial charge in [0.1, 0.15) is 0 Å². The first kappa shape index (κ1) is 13.1. The molecule has 1 aromatic carbocycles. The molecule has 1 aliphatic rings. The van der Waals surface area contributed by atoms with E-state index >= 15 is 0 Å². The van der Waals surface area contributed by atoms with Crippen molar-refractivity contribution in [3.05, 3.63) is 27.8 Å². The van der Waals surface area contributed by atoms with Crippen molar-refractivity contribution in [3.63, 3.8) is 0 Å². The average Bonchev–Trinajstić information content (AvgIpc) is 2.25. The van der Waals surface area contributed by atoms with Crippen molar-refractivity contribution < 1.29 is 8.78 Å². The van der Waals surface area contributed by atoms with E-state index < -0.39 is 5.92 Å². The van der Waals surface area contributed by atoms with Crippen LogP contribution in [-0.4, -0.2) is 12.5 Å². The molecular weight excluding hydrogens is 335 g/mol. The molecule has 2 rings (SSSR count). The Morgan fingerprint density at radius 3 is 2.94 bits per heavy atom. The lowest BCUT2D eigenvalue weighted by Crippen LogP contribution is -2.29. The Bertz CT molecular complexity index is 381. The fourth-order valence-electron chi connectivity index (χ4n) is 2.31. The van der Waals surface area contributed by atoms with Crippen LogP contribution in [0, 0.1) is 9.49 Å². The molecule has 1 unspecified atom stereocenters. The fourth-order valence-corrected chi connectivity index (χ4v) is 2.85. The molecule has 1 atom stereocenters. The second-order valence-corrected chi connectivity index (χ2v) is 5.96. The average molecular weight is 351 g/mol. The zero-order chi connectivity index (χ0) is 12.3. The van der Waals surface area contributed by atoms with Crippen molar-refractivity contribution in [3.8, 4) is 0 Å². The van der Waals surface area contributed by atoms with E-state index in [2.05, 4.69) is 27.9 Å². The lowest BCUT2D eigenvalue weighted by Gasteiger charge is -2.29. The van der Waals surface area contributed by atoms with Crippen LogP contribution in [0.15, 0.2) is 24.3 Å². The first-order valence-electron chi connectivity index (χ1n) is 5.92. The number of alkyl halides is 2. The molecule has 1 saturated carbocycles. The van der Waals surface area contributed by atoms with E-state index in [9.17, 15) is 8.78 Å². The number of benzene rings is 1. The molecule has 94 valence electrons. The molecule has 1 N–H and O–H groups in total. The summed E-state index contributed by atoms with van der Waals surface area (Å²) < 4.78 is 27.6. The van der Waals surface area contributed by atoms with Crippen LogP contribution in [0.4, 0.5) is 14.5 Å². The van der Waals surface area contributed by atoms with Crippen molar-refractivity contribution in [2.75, 3.05) is 11.9 Å². The van der Waals surface area contributed by atoms with Gasteiger partial charge in [-0.15, -0.1) is 0 Å². The summed E-state index contributed by atoms with van der Waals surface area (Å²) in [5.74, 6) is -2.35. The molecule has 0 heterocycles. The fraction of sp³-hybridized carbons (Fsp3) is 0.538. The second kappa shape index (κ2) is 5.50. The monoisotopic (exact) mass is 351 g/mol. The van der Waals surface area contributed by atoms with Crippen molar-refractivity contribution in [2.24, 2.45) is 5.92 Å². The van der Waals surface area contributed by atoms with E-state index in [0.717, 1.165) is 15.7 Å². The van der Waals surface area contributed by atoms with E-state index in [1.807, 2.05) is 24.3 Å². The number of rotatable bonds is 3. The zero-order valence-electron chi connectivity index (χ0n) is 9.56. The lowest BCUT2D eigenvalue weighted by atomic mass is 9.86. The Balaban J connectivity index is 1.86.